The summed E-state index contributed by atoms with van der Waals surface area (Å²) in [5.74, 6) is 1.13. The van der Waals surface area contributed by atoms with Crippen LogP contribution in [0.15, 0.2) is 0 Å². The Labute approximate surface area is 129 Å². The minimum atomic E-state index is -0.125. The SMILES string of the molecule is O.[CH2-]COC(CC(C)=O)C1OCC(C)C1C.[Y]. The molecule has 0 aliphatic carbocycles. The molecule has 17 heavy (non-hydrogen) atoms. The van der Waals surface area contributed by atoms with E-state index in [2.05, 4.69) is 20.8 Å². The van der Waals surface area contributed by atoms with E-state index in [0.717, 1.165) is 6.61 Å². The number of carbonyl (C=O) groups is 1. The molecule has 2 N–H and O–H groups in total. The van der Waals surface area contributed by atoms with E-state index in [0.29, 0.717) is 24.9 Å². The minimum Gasteiger partial charge on any atom is -0.412 e. The van der Waals surface area contributed by atoms with E-state index in [-0.39, 0.29) is 56.2 Å². The quantitative estimate of drug-likeness (QED) is 0.711. The van der Waals surface area contributed by atoms with Crippen LogP contribution >= 0.6 is 0 Å². The molecule has 0 aromatic heterocycles. The zero-order chi connectivity index (χ0) is 11.4. The number of hydrogen-bond acceptors (Lipinski definition) is 3. The first-order valence-corrected chi connectivity index (χ1v) is 5.58. The van der Waals surface area contributed by atoms with Gasteiger partial charge >= 0.3 is 0 Å². The van der Waals surface area contributed by atoms with Crippen molar-refractivity contribution >= 4 is 5.78 Å². The van der Waals surface area contributed by atoms with Crippen LogP contribution in [0.4, 0.5) is 0 Å². The third kappa shape index (κ3) is 5.88. The van der Waals surface area contributed by atoms with Gasteiger partial charge in [-0.25, -0.2) is 0 Å². The fourth-order valence-electron chi connectivity index (χ4n) is 2.04. The van der Waals surface area contributed by atoms with E-state index < -0.39 is 0 Å². The topological polar surface area (TPSA) is 67.0 Å². The molecule has 4 nitrogen and oxygen atoms in total. The van der Waals surface area contributed by atoms with Crippen LogP contribution in [0.5, 0.6) is 0 Å². The van der Waals surface area contributed by atoms with Crippen molar-refractivity contribution in [3.63, 3.8) is 0 Å². The third-order valence-electron chi connectivity index (χ3n) is 3.15. The summed E-state index contributed by atoms with van der Waals surface area (Å²) in [5.41, 5.74) is 0. The Balaban J connectivity index is 0. The van der Waals surface area contributed by atoms with Gasteiger partial charge in [-0.3, -0.25) is 4.79 Å². The first-order valence-electron chi connectivity index (χ1n) is 5.58. The largest absolute Gasteiger partial charge is 0.412 e. The molecule has 0 saturated carbocycles. The molecule has 1 fully saturated rings. The number of ether oxygens (including phenoxy) is 2. The summed E-state index contributed by atoms with van der Waals surface area (Å²) >= 11 is 0. The van der Waals surface area contributed by atoms with Gasteiger partial charge in [-0.2, -0.15) is 0 Å². The molecule has 1 aliphatic rings. The predicted octanol–water partition coefficient (Wildman–Crippen LogP) is 1.03. The van der Waals surface area contributed by atoms with Crippen molar-refractivity contribution in [3.8, 4) is 0 Å². The molecule has 1 radical (unpaired) electrons. The average molecular weight is 320 g/mol. The van der Waals surface area contributed by atoms with Gasteiger partial charge in [0.15, 0.2) is 0 Å². The summed E-state index contributed by atoms with van der Waals surface area (Å²) in [6, 6.07) is 0. The molecule has 1 rings (SSSR count). The van der Waals surface area contributed by atoms with E-state index in [1.54, 1.807) is 6.92 Å². The fourth-order valence-corrected chi connectivity index (χ4v) is 2.04. The van der Waals surface area contributed by atoms with Gasteiger partial charge in [0.2, 0.25) is 0 Å². The van der Waals surface area contributed by atoms with Crippen LogP contribution in [0.3, 0.4) is 0 Å². The maximum absolute atomic E-state index is 11.1. The molecule has 0 aromatic rings. The second kappa shape index (κ2) is 9.57. The standard InChI is InChI=1S/C12H21O3.H2O.Y/c1-5-14-11(6-9(3)13)12-10(4)8(2)7-15-12;;/h8,10-12H,1,5-7H2,2-4H3;1H2;/q-1;;. The zero-order valence-electron chi connectivity index (χ0n) is 10.9. The van der Waals surface area contributed by atoms with Gasteiger partial charge < -0.3 is 21.9 Å². The van der Waals surface area contributed by atoms with Crippen LogP contribution in [-0.2, 0) is 47.0 Å². The summed E-state index contributed by atoms with van der Waals surface area (Å²) in [5, 5.41) is 0. The molecule has 4 atom stereocenters. The molecular weight excluding hydrogens is 297 g/mol. The van der Waals surface area contributed by atoms with Crippen molar-refractivity contribution in [1.82, 2.24) is 0 Å². The summed E-state index contributed by atoms with van der Waals surface area (Å²) in [7, 11) is 0. The summed E-state index contributed by atoms with van der Waals surface area (Å²) in [6.45, 7) is 10.7. The Morgan fingerprint density at radius 2 is 2.12 bits per heavy atom. The molecule has 0 aromatic carbocycles. The average Bonchev–Trinajstić information content (AvgIpc) is 2.46. The number of rotatable bonds is 5. The Morgan fingerprint density at radius 3 is 2.47 bits per heavy atom. The summed E-state index contributed by atoms with van der Waals surface area (Å²) in [4.78, 5) is 11.1. The van der Waals surface area contributed by atoms with Gasteiger partial charge in [0.1, 0.15) is 5.78 Å². The van der Waals surface area contributed by atoms with Gasteiger partial charge in [0.05, 0.1) is 12.2 Å². The summed E-state index contributed by atoms with van der Waals surface area (Å²) in [6.07, 6.45) is 0.350. The van der Waals surface area contributed by atoms with Crippen molar-refractivity contribution in [2.75, 3.05) is 13.2 Å². The first kappa shape index (κ1) is 20.0. The van der Waals surface area contributed by atoms with Crippen LogP contribution < -0.4 is 0 Å². The Morgan fingerprint density at radius 1 is 1.53 bits per heavy atom. The molecule has 0 spiro atoms. The Bertz CT molecular complexity index is 223. The maximum atomic E-state index is 11.1. The molecule has 0 amide bonds. The second-order valence-corrected chi connectivity index (χ2v) is 4.45. The Hall–Kier alpha value is 0.654. The fraction of sp³-hybridized carbons (Fsp3) is 0.833. The van der Waals surface area contributed by atoms with Gasteiger partial charge in [-0.15, -0.1) is 0 Å². The smallest absolute Gasteiger partial charge is 0.132 e. The van der Waals surface area contributed by atoms with Crippen LogP contribution in [0.1, 0.15) is 27.2 Å². The van der Waals surface area contributed by atoms with E-state index in [9.17, 15) is 4.79 Å². The van der Waals surface area contributed by atoms with Crippen molar-refractivity contribution in [2.45, 2.75) is 39.4 Å². The van der Waals surface area contributed by atoms with E-state index in [1.807, 2.05) is 0 Å². The number of Topliss-reactive ketones (excluding diaryl/α,β-unsaturated/α-hetero) is 1. The van der Waals surface area contributed by atoms with Gasteiger partial charge in [0.25, 0.3) is 0 Å². The van der Waals surface area contributed by atoms with E-state index in [4.69, 9.17) is 9.47 Å². The van der Waals surface area contributed by atoms with Crippen molar-refractivity contribution in [3.05, 3.63) is 6.92 Å². The molecule has 1 saturated heterocycles. The molecule has 5 heteroatoms. The van der Waals surface area contributed by atoms with Crippen molar-refractivity contribution in [1.29, 1.82) is 0 Å². The number of carbonyl (C=O) groups excluding carboxylic acids is 1. The van der Waals surface area contributed by atoms with Crippen LogP contribution in [0.2, 0.25) is 0 Å². The van der Waals surface area contributed by atoms with Crippen LogP contribution in [0.25, 0.3) is 0 Å². The maximum Gasteiger partial charge on any atom is 0.132 e. The molecule has 1 heterocycles. The molecule has 1 aliphatic heterocycles. The zero-order valence-corrected chi connectivity index (χ0v) is 13.8. The third-order valence-corrected chi connectivity index (χ3v) is 3.15. The molecule has 4 unspecified atom stereocenters. The molecule has 0 bridgehead atoms. The van der Waals surface area contributed by atoms with Crippen LogP contribution in [-0.4, -0.2) is 36.7 Å². The van der Waals surface area contributed by atoms with Crippen LogP contribution in [0, 0.1) is 18.8 Å². The van der Waals surface area contributed by atoms with Gasteiger partial charge in [-0.05, 0) is 18.8 Å². The van der Waals surface area contributed by atoms with Crippen molar-refractivity contribution in [2.24, 2.45) is 11.8 Å². The number of hydrogen-bond donors (Lipinski definition) is 0. The summed E-state index contributed by atoms with van der Waals surface area (Å²) < 4.78 is 11.2. The van der Waals surface area contributed by atoms with Crippen molar-refractivity contribution < 1.29 is 52.5 Å². The Kier molecular flexibility index (Phi) is 11.2. The normalized spacial score (nSPS) is 29.1. The minimum absolute atomic E-state index is 0. The molecule has 99 valence electrons. The number of ketones is 1. The monoisotopic (exact) mass is 320 g/mol. The first-order chi connectivity index (χ1) is 7.06. The van der Waals surface area contributed by atoms with E-state index >= 15 is 0 Å². The second-order valence-electron chi connectivity index (χ2n) is 4.45. The van der Waals surface area contributed by atoms with E-state index in [1.165, 1.54) is 0 Å². The van der Waals surface area contributed by atoms with Gasteiger partial charge in [-0.1, -0.05) is 20.5 Å². The predicted molar refractivity (Wildman–Crippen MR) is 62.1 cm³/mol. The molecular formula is C12H23O4Y-. The van der Waals surface area contributed by atoms with Gasteiger partial charge in [0, 0.05) is 45.7 Å².